The number of amides is 1. The van der Waals surface area contributed by atoms with Crippen LogP contribution in [0.25, 0.3) is 0 Å². The van der Waals surface area contributed by atoms with Crippen LogP contribution in [0.3, 0.4) is 0 Å². The third-order valence-corrected chi connectivity index (χ3v) is 3.60. The van der Waals surface area contributed by atoms with E-state index >= 15 is 0 Å². The molecule has 1 aromatic carbocycles. The van der Waals surface area contributed by atoms with Crippen molar-refractivity contribution >= 4 is 27.5 Å². The largest absolute Gasteiger partial charge is 0.468 e. The second kappa shape index (κ2) is 8.73. The van der Waals surface area contributed by atoms with E-state index in [0.29, 0.717) is 19.7 Å². The van der Waals surface area contributed by atoms with Gasteiger partial charge in [-0.25, -0.2) is 0 Å². The smallest absolute Gasteiger partial charge is 0.238 e. The van der Waals surface area contributed by atoms with Crippen LogP contribution in [0.15, 0.2) is 51.6 Å². The van der Waals surface area contributed by atoms with Gasteiger partial charge in [0, 0.05) is 23.8 Å². The monoisotopic (exact) mass is 366 g/mol. The number of ether oxygens (including phenoxy) is 1. The van der Waals surface area contributed by atoms with Gasteiger partial charge in [0.25, 0.3) is 0 Å². The second-order valence-corrected chi connectivity index (χ2v) is 5.75. The fourth-order valence-electron chi connectivity index (χ4n) is 1.99. The highest BCUT2D eigenvalue weighted by Crippen LogP contribution is 2.14. The third-order valence-electron chi connectivity index (χ3n) is 3.07. The number of hydrogen-bond donors (Lipinski definition) is 1. The molecule has 0 unspecified atom stereocenters. The van der Waals surface area contributed by atoms with Gasteiger partial charge in [-0.3, -0.25) is 9.69 Å². The van der Waals surface area contributed by atoms with Crippen molar-refractivity contribution in [2.24, 2.45) is 0 Å². The average Bonchev–Trinajstić information content (AvgIpc) is 3.00. The highest BCUT2D eigenvalue weighted by atomic mass is 79.9. The first-order chi connectivity index (χ1) is 10.7. The van der Waals surface area contributed by atoms with Crippen molar-refractivity contribution in [2.75, 3.05) is 32.1 Å². The van der Waals surface area contributed by atoms with Crippen LogP contribution in [0, 0.1) is 0 Å². The molecule has 0 aliphatic rings. The number of rotatable bonds is 8. The van der Waals surface area contributed by atoms with Gasteiger partial charge < -0.3 is 14.5 Å². The summed E-state index contributed by atoms with van der Waals surface area (Å²) in [6.45, 7) is 2.07. The summed E-state index contributed by atoms with van der Waals surface area (Å²) < 4.78 is 11.4. The molecule has 6 heteroatoms. The van der Waals surface area contributed by atoms with Crippen molar-refractivity contribution in [3.63, 3.8) is 0 Å². The van der Waals surface area contributed by atoms with E-state index in [2.05, 4.69) is 21.2 Å². The number of nitrogens with zero attached hydrogens (tertiary/aromatic N) is 1. The van der Waals surface area contributed by atoms with Crippen LogP contribution in [0.1, 0.15) is 5.76 Å². The zero-order valence-electron chi connectivity index (χ0n) is 12.4. The molecule has 0 saturated heterocycles. The minimum Gasteiger partial charge on any atom is -0.468 e. The Balaban J connectivity index is 1.90. The fourth-order valence-corrected chi connectivity index (χ4v) is 2.26. The number of hydrogen-bond acceptors (Lipinski definition) is 4. The lowest BCUT2D eigenvalue weighted by Gasteiger charge is -2.20. The van der Waals surface area contributed by atoms with Gasteiger partial charge in [-0.05, 0) is 36.4 Å². The Morgan fingerprint density at radius 1 is 1.32 bits per heavy atom. The molecular weight excluding hydrogens is 348 g/mol. The van der Waals surface area contributed by atoms with E-state index in [1.54, 1.807) is 13.4 Å². The summed E-state index contributed by atoms with van der Waals surface area (Å²) in [6, 6.07) is 11.2. The molecule has 0 atom stereocenters. The summed E-state index contributed by atoms with van der Waals surface area (Å²) in [4.78, 5) is 14.1. The Morgan fingerprint density at radius 3 is 2.73 bits per heavy atom. The molecule has 0 bridgehead atoms. The van der Waals surface area contributed by atoms with Crippen molar-refractivity contribution in [3.05, 3.63) is 52.9 Å². The van der Waals surface area contributed by atoms with E-state index in [9.17, 15) is 4.79 Å². The molecular formula is C16H19BrN2O3. The van der Waals surface area contributed by atoms with Crippen molar-refractivity contribution < 1.29 is 13.9 Å². The summed E-state index contributed by atoms with van der Waals surface area (Å²) in [5.74, 6) is 0.762. The molecule has 0 aliphatic carbocycles. The topological polar surface area (TPSA) is 54.7 Å². The van der Waals surface area contributed by atoms with E-state index in [1.165, 1.54) is 0 Å². The van der Waals surface area contributed by atoms with Crippen LogP contribution < -0.4 is 5.32 Å². The highest BCUT2D eigenvalue weighted by Gasteiger charge is 2.12. The number of furan rings is 1. The molecule has 5 nitrogen and oxygen atoms in total. The number of carbonyl (C=O) groups is 1. The maximum absolute atomic E-state index is 12.2. The number of methoxy groups -OCH3 is 1. The standard InChI is InChI=1S/C16H19BrN2O3/c1-21-10-8-19(11-15-3-2-9-22-15)12-16(20)18-14-6-4-13(17)5-7-14/h2-7,9H,8,10-12H2,1H3,(H,18,20). The number of anilines is 1. The molecule has 0 fully saturated rings. The van der Waals surface area contributed by atoms with E-state index in [4.69, 9.17) is 9.15 Å². The van der Waals surface area contributed by atoms with Crippen molar-refractivity contribution in [1.29, 1.82) is 0 Å². The van der Waals surface area contributed by atoms with Gasteiger partial charge in [0.05, 0.1) is 26.0 Å². The van der Waals surface area contributed by atoms with E-state index in [1.807, 2.05) is 41.3 Å². The number of halogens is 1. The van der Waals surface area contributed by atoms with Crippen molar-refractivity contribution in [2.45, 2.75) is 6.54 Å². The van der Waals surface area contributed by atoms with Crippen LogP contribution in [0.5, 0.6) is 0 Å². The molecule has 0 radical (unpaired) electrons. The van der Waals surface area contributed by atoms with E-state index in [-0.39, 0.29) is 12.5 Å². The summed E-state index contributed by atoms with van der Waals surface area (Å²) >= 11 is 3.37. The maximum Gasteiger partial charge on any atom is 0.238 e. The molecule has 118 valence electrons. The Morgan fingerprint density at radius 2 is 2.09 bits per heavy atom. The van der Waals surface area contributed by atoms with E-state index < -0.39 is 0 Å². The predicted molar refractivity (Wildman–Crippen MR) is 88.6 cm³/mol. The lowest BCUT2D eigenvalue weighted by molar-refractivity contribution is -0.117. The summed E-state index contributed by atoms with van der Waals surface area (Å²) in [6.07, 6.45) is 1.63. The molecule has 0 saturated carbocycles. The van der Waals surface area contributed by atoms with Crippen LogP contribution in [-0.4, -0.2) is 37.6 Å². The quantitative estimate of drug-likeness (QED) is 0.779. The fraction of sp³-hybridized carbons (Fsp3) is 0.312. The molecule has 1 N–H and O–H groups in total. The van der Waals surface area contributed by atoms with Crippen molar-refractivity contribution in [1.82, 2.24) is 4.90 Å². The first-order valence-corrected chi connectivity index (χ1v) is 7.76. The summed E-state index contributed by atoms with van der Waals surface area (Å²) in [5, 5.41) is 2.88. The minimum atomic E-state index is -0.0648. The first-order valence-electron chi connectivity index (χ1n) is 6.96. The van der Waals surface area contributed by atoms with Gasteiger partial charge in [-0.1, -0.05) is 15.9 Å². The number of nitrogens with one attached hydrogen (secondary N) is 1. The number of benzene rings is 1. The van der Waals surface area contributed by atoms with Gasteiger partial charge in [0.2, 0.25) is 5.91 Å². The van der Waals surface area contributed by atoms with E-state index in [0.717, 1.165) is 15.9 Å². The normalized spacial score (nSPS) is 10.9. The highest BCUT2D eigenvalue weighted by molar-refractivity contribution is 9.10. The number of carbonyl (C=O) groups excluding carboxylic acids is 1. The lowest BCUT2D eigenvalue weighted by Crippen LogP contribution is -2.35. The van der Waals surface area contributed by atoms with Crippen LogP contribution in [-0.2, 0) is 16.1 Å². The van der Waals surface area contributed by atoms with Crippen LogP contribution >= 0.6 is 15.9 Å². The van der Waals surface area contributed by atoms with Gasteiger partial charge in [-0.2, -0.15) is 0 Å². The van der Waals surface area contributed by atoms with Gasteiger partial charge >= 0.3 is 0 Å². The Kier molecular flexibility index (Phi) is 6.64. The van der Waals surface area contributed by atoms with Gasteiger partial charge in [-0.15, -0.1) is 0 Å². The first kappa shape index (κ1) is 16.7. The molecule has 22 heavy (non-hydrogen) atoms. The predicted octanol–water partition coefficient (Wildman–Crippen LogP) is 3.13. The van der Waals surface area contributed by atoms with Gasteiger partial charge in [0.1, 0.15) is 5.76 Å². The van der Waals surface area contributed by atoms with Crippen LogP contribution in [0.2, 0.25) is 0 Å². The SMILES string of the molecule is COCCN(CC(=O)Nc1ccc(Br)cc1)Cc1ccco1. The molecule has 1 heterocycles. The van der Waals surface area contributed by atoms with Gasteiger partial charge in [0.15, 0.2) is 0 Å². The molecule has 2 rings (SSSR count). The zero-order valence-corrected chi connectivity index (χ0v) is 14.0. The Hall–Kier alpha value is -1.63. The van der Waals surface area contributed by atoms with Crippen LogP contribution in [0.4, 0.5) is 5.69 Å². The lowest BCUT2D eigenvalue weighted by atomic mass is 10.3. The molecule has 1 aromatic heterocycles. The third kappa shape index (κ3) is 5.63. The Labute approximate surface area is 138 Å². The second-order valence-electron chi connectivity index (χ2n) is 4.84. The molecule has 2 aromatic rings. The summed E-state index contributed by atoms with van der Waals surface area (Å²) in [7, 11) is 1.65. The van der Waals surface area contributed by atoms with Crippen molar-refractivity contribution in [3.8, 4) is 0 Å². The molecule has 0 aliphatic heterocycles. The molecule has 1 amide bonds. The summed E-state index contributed by atoms with van der Waals surface area (Å²) in [5.41, 5.74) is 0.776. The minimum absolute atomic E-state index is 0.0648. The zero-order chi connectivity index (χ0) is 15.8. The average molecular weight is 367 g/mol. The Bertz CT molecular complexity index is 570. The molecule has 0 spiro atoms. The maximum atomic E-state index is 12.2.